The number of carboxylic acid groups (broad SMARTS) is 1. The quantitative estimate of drug-likeness (QED) is 0.897. The molecule has 0 radical (unpaired) electrons. The van der Waals surface area contributed by atoms with E-state index < -0.39 is 5.97 Å². The Bertz CT molecular complexity index is 461. The average molecular weight is 251 g/mol. The van der Waals surface area contributed by atoms with Crippen molar-refractivity contribution >= 4 is 5.97 Å². The van der Waals surface area contributed by atoms with Crippen LogP contribution >= 0.6 is 0 Å². The molecule has 0 saturated carbocycles. The van der Waals surface area contributed by atoms with E-state index in [1.807, 2.05) is 13.0 Å². The third-order valence-corrected chi connectivity index (χ3v) is 3.81. The van der Waals surface area contributed by atoms with Gasteiger partial charge in [0, 0.05) is 12.6 Å². The molecule has 1 aromatic rings. The number of hydrogen-bond acceptors (Lipinski definition) is 2. The van der Waals surface area contributed by atoms with Crippen LogP contribution in [0.5, 0.6) is 0 Å². The predicted octanol–water partition coefficient (Wildman–Crippen LogP) is 2.43. The van der Waals surface area contributed by atoms with Crippen molar-refractivity contribution < 1.29 is 14.3 Å². The smallest absolute Gasteiger partial charge is 0.308 e. The summed E-state index contributed by atoms with van der Waals surface area (Å²) in [4.78, 5) is 13.2. The predicted molar refractivity (Wildman–Crippen MR) is 66.8 cm³/mol. The summed E-state index contributed by atoms with van der Waals surface area (Å²) < 4.78 is 13.2. The van der Waals surface area contributed by atoms with Gasteiger partial charge in [0.05, 0.1) is 5.92 Å². The summed E-state index contributed by atoms with van der Waals surface area (Å²) in [6.07, 6.45) is 0.691. The fourth-order valence-electron chi connectivity index (χ4n) is 2.60. The highest BCUT2D eigenvalue weighted by Gasteiger charge is 2.35. The van der Waals surface area contributed by atoms with E-state index in [0.717, 1.165) is 12.1 Å². The average Bonchev–Trinajstić information content (AvgIpc) is 2.66. The Labute approximate surface area is 106 Å². The Morgan fingerprint density at radius 3 is 2.83 bits per heavy atom. The van der Waals surface area contributed by atoms with Crippen molar-refractivity contribution in [3.63, 3.8) is 0 Å². The Morgan fingerprint density at radius 1 is 1.56 bits per heavy atom. The van der Waals surface area contributed by atoms with Gasteiger partial charge in [0.1, 0.15) is 5.82 Å². The third kappa shape index (κ3) is 2.53. The molecule has 1 aromatic carbocycles. The molecule has 1 saturated heterocycles. The number of benzene rings is 1. The lowest BCUT2D eigenvalue weighted by molar-refractivity contribution is -0.142. The van der Waals surface area contributed by atoms with E-state index in [4.69, 9.17) is 5.11 Å². The first-order valence-corrected chi connectivity index (χ1v) is 6.21. The second-order valence-electron chi connectivity index (χ2n) is 5.03. The van der Waals surface area contributed by atoms with Crippen LogP contribution in [0.15, 0.2) is 18.2 Å². The molecule has 1 heterocycles. The highest BCUT2D eigenvalue weighted by molar-refractivity contribution is 5.71. The van der Waals surface area contributed by atoms with Gasteiger partial charge in [0.25, 0.3) is 0 Å². The molecule has 18 heavy (non-hydrogen) atoms. The van der Waals surface area contributed by atoms with E-state index in [1.165, 1.54) is 6.07 Å². The van der Waals surface area contributed by atoms with Crippen LogP contribution < -0.4 is 0 Å². The summed E-state index contributed by atoms with van der Waals surface area (Å²) in [5, 5.41) is 9.07. The summed E-state index contributed by atoms with van der Waals surface area (Å²) in [5.74, 6) is -1.21. The molecule has 2 rings (SSSR count). The number of rotatable bonds is 3. The molecule has 1 N–H and O–H groups in total. The van der Waals surface area contributed by atoms with Crippen molar-refractivity contribution in [2.75, 3.05) is 6.54 Å². The molecule has 0 spiro atoms. The monoisotopic (exact) mass is 251 g/mol. The molecule has 98 valence electrons. The van der Waals surface area contributed by atoms with Gasteiger partial charge in [-0.1, -0.05) is 12.1 Å². The Morgan fingerprint density at radius 2 is 2.28 bits per heavy atom. The highest BCUT2D eigenvalue weighted by Crippen LogP contribution is 2.26. The van der Waals surface area contributed by atoms with Gasteiger partial charge in [-0.15, -0.1) is 0 Å². The SMILES string of the molecule is Cc1cc(CN2CCC(C(=O)O)C2C)ccc1F. The van der Waals surface area contributed by atoms with Gasteiger partial charge in [0.2, 0.25) is 0 Å². The van der Waals surface area contributed by atoms with Crippen molar-refractivity contribution in [2.24, 2.45) is 5.92 Å². The Kier molecular flexibility index (Phi) is 3.66. The lowest BCUT2D eigenvalue weighted by Gasteiger charge is -2.23. The molecule has 1 aliphatic rings. The zero-order valence-electron chi connectivity index (χ0n) is 10.7. The molecular formula is C14H18FNO2. The van der Waals surface area contributed by atoms with E-state index in [-0.39, 0.29) is 17.8 Å². The van der Waals surface area contributed by atoms with Crippen LogP contribution in [-0.2, 0) is 11.3 Å². The molecule has 4 heteroatoms. The molecule has 3 nitrogen and oxygen atoms in total. The van der Waals surface area contributed by atoms with Crippen LogP contribution in [0.25, 0.3) is 0 Å². The largest absolute Gasteiger partial charge is 0.481 e. The fraction of sp³-hybridized carbons (Fsp3) is 0.500. The molecule has 1 aliphatic heterocycles. The van der Waals surface area contributed by atoms with Crippen LogP contribution in [0.4, 0.5) is 4.39 Å². The van der Waals surface area contributed by atoms with Crippen molar-refractivity contribution in [3.05, 3.63) is 35.1 Å². The summed E-state index contributed by atoms with van der Waals surface area (Å²) >= 11 is 0. The molecule has 0 aromatic heterocycles. The molecule has 0 aliphatic carbocycles. The number of hydrogen-bond donors (Lipinski definition) is 1. The van der Waals surface area contributed by atoms with Crippen molar-refractivity contribution in [1.82, 2.24) is 4.90 Å². The molecule has 1 fully saturated rings. The summed E-state index contributed by atoms with van der Waals surface area (Å²) in [6, 6.07) is 5.10. The van der Waals surface area contributed by atoms with Crippen LogP contribution in [0.2, 0.25) is 0 Å². The fourth-order valence-corrected chi connectivity index (χ4v) is 2.60. The van der Waals surface area contributed by atoms with E-state index >= 15 is 0 Å². The maximum absolute atomic E-state index is 13.2. The minimum absolute atomic E-state index is 0.0351. The number of likely N-dealkylation sites (tertiary alicyclic amines) is 1. The topological polar surface area (TPSA) is 40.5 Å². The van der Waals surface area contributed by atoms with Crippen LogP contribution in [0, 0.1) is 18.7 Å². The lowest BCUT2D eigenvalue weighted by atomic mass is 10.0. The normalized spacial score (nSPS) is 24.4. The zero-order chi connectivity index (χ0) is 13.3. The number of aliphatic carboxylic acids is 1. The maximum Gasteiger partial charge on any atom is 0.308 e. The van der Waals surface area contributed by atoms with Crippen LogP contribution in [-0.4, -0.2) is 28.6 Å². The van der Waals surface area contributed by atoms with Gasteiger partial charge < -0.3 is 5.11 Å². The molecular weight excluding hydrogens is 233 g/mol. The Balaban J connectivity index is 2.06. The molecule has 2 atom stereocenters. The molecule has 0 bridgehead atoms. The van der Waals surface area contributed by atoms with Crippen molar-refractivity contribution in [1.29, 1.82) is 0 Å². The first kappa shape index (κ1) is 13.0. The van der Waals surface area contributed by atoms with E-state index in [1.54, 1.807) is 13.0 Å². The Hall–Kier alpha value is -1.42. The zero-order valence-corrected chi connectivity index (χ0v) is 10.7. The number of halogens is 1. The maximum atomic E-state index is 13.2. The van der Waals surface area contributed by atoms with Gasteiger partial charge in [-0.2, -0.15) is 0 Å². The standard InChI is InChI=1S/C14H18FNO2/c1-9-7-11(3-4-13(9)15)8-16-6-5-12(10(16)2)14(17)18/h3-4,7,10,12H,5-6,8H2,1-2H3,(H,17,18). The van der Waals surface area contributed by atoms with Crippen LogP contribution in [0.3, 0.4) is 0 Å². The summed E-state index contributed by atoms with van der Waals surface area (Å²) in [6.45, 7) is 5.16. The number of carboxylic acids is 1. The number of nitrogens with zero attached hydrogens (tertiary/aromatic N) is 1. The van der Waals surface area contributed by atoms with E-state index in [9.17, 15) is 9.18 Å². The van der Waals surface area contributed by atoms with Crippen molar-refractivity contribution in [3.8, 4) is 0 Å². The lowest BCUT2D eigenvalue weighted by Crippen LogP contribution is -2.32. The highest BCUT2D eigenvalue weighted by atomic mass is 19.1. The van der Waals surface area contributed by atoms with Gasteiger partial charge in [-0.05, 0) is 44.0 Å². The van der Waals surface area contributed by atoms with Gasteiger partial charge in [-0.25, -0.2) is 4.39 Å². The first-order valence-electron chi connectivity index (χ1n) is 6.21. The van der Waals surface area contributed by atoms with E-state index in [2.05, 4.69) is 4.90 Å². The third-order valence-electron chi connectivity index (χ3n) is 3.81. The van der Waals surface area contributed by atoms with Gasteiger partial charge in [0.15, 0.2) is 0 Å². The second kappa shape index (κ2) is 5.06. The van der Waals surface area contributed by atoms with Crippen molar-refractivity contribution in [2.45, 2.75) is 32.9 Å². The van der Waals surface area contributed by atoms with E-state index in [0.29, 0.717) is 18.5 Å². The minimum Gasteiger partial charge on any atom is -0.481 e. The summed E-state index contributed by atoms with van der Waals surface area (Å²) in [5.41, 5.74) is 1.67. The number of carbonyl (C=O) groups is 1. The second-order valence-corrected chi connectivity index (χ2v) is 5.03. The molecule has 0 amide bonds. The van der Waals surface area contributed by atoms with Gasteiger partial charge in [-0.3, -0.25) is 9.69 Å². The van der Waals surface area contributed by atoms with Crippen LogP contribution in [0.1, 0.15) is 24.5 Å². The number of aryl methyl sites for hydroxylation is 1. The first-order chi connectivity index (χ1) is 8.49. The molecule has 2 unspecified atom stereocenters. The van der Waals surface area contributed by atoms with Gasteiger partial charge >= 0.3 is 5.97 Å². The summed E-state index contributed by atoms with van der Waals surface area (Å²) in [7, 11) is 0. The minimum atomic E-state index is -0.722.